The van der Waals surface area contributed by atoms with Crippen LogP contribution in [0.1, 0.15) is 27.9 Å². The zero-order valence-electron chi connectivity index (χ0n) is 17.0. The van der Waals surface area contributed by atoms with E-state index < -0.39 is 5.91 Å². The quantitative estimate of drug-likeness (QED) is 0.619. The van der Waals surface area contributed by atoms with E-state index in [1.54, 1.807) is 10.8 Å². The number of ether oxygens (including phenoxy) is 1. The molecule has 0 spiro atoms. The van der Waals surface area contributed by atoms with Crippen molar-refractivity contribution < 1.29 is 18.7 Å². The number of carbonyl (C=O) groups excluding carboxylic acids is 2. The number of nitrogens with zero attached hydrogens (tertiary/aromatic N) is 2. The Bertz CT molecular complexity index is 1050. The summed E-state index contributed by atoms with van der Waals surface area (Å²) in [6, 6.07) is 11.2. The van der Waals surface area contributed by atoms with Crippen molar-refractivity contribution in [2.75, 3.05) is 32.8 Å². The maximum Gasteiger partial charge on any atom is 0.250 e. The van der Waals surface area contributed by atoms with Crippen LogP contribution < -0.4 is 11.1 Å². The predicted octanol–water partition coefficient (Wildman–Crippen LogP) is 1.83. The van der Waals surface area contributed by atoms with Gasteiger partial charge in [0.15, 0.2) is 0 Å². The van der Waals surface area contributed by atoms with Gasteiger partial charge in [-0.25, -0.2) is 0 Å². The summed E-state index contributed by atoms with van der Waals surface area (Å²) in [6.07, 6.45) is 1.64. The van der Waals surface area contributed by atoms with Crippen molar-refractivity contribution in [2.24, 2.45) is 5.73 Å². The van der Waals surface area contributed by atoms with Crippen LogP contribution in [0.3, 0.4) is 0 Å². The highest BCUT2D eigenvalue weighted by atomic mass is 16.5. The molecule has 2 aromatic heterocycles. The molecule has 1 aliphatic rings. The first-order valence-electron chi connectivity index (χ1n) is 10.1. The van der Waals surface area contributed by atoms with Gasteiger partial charge in [0.2, 0.25) is 5.91 Å². The van der Waals surface area contributed by atoms with Crippen molar-refractivity contribution in [3.05, 3.63) is 59.7 Å². The number of para-hydroxylation sites is 1. The molecule has 30 heavy (non-hydrogen) atoms. The highest BCUT2D eigenvalue weighted by Crippen LogP contribution is 2.24. The van der Waals surface area contributed by atoms with Gasteiger partial charge in [-0.3, -0.25) is 14.5 Å². The zero-order valence-corrected chi connectivity index (χ0v) is 17.0. The summed E-state index contributed by atoms with van der Waals surface area (Å²) in [4.78, 5) is 26.7. The third-order valence-electron chi connectivity index (χ3n) is 5.44. The Labute approximate surface area is 174 Å². The Morgan fingerprint density at radius 3 is 2.63 bits per heavy atom. The maximum absolute atomic E-state index is 12.7. The van der Waals surface area contributed by atoms with Crippen LogP contribution in [0.4, 0.5) is 0 Å². The van der Waals surface area contributed by atoms with Crippen molar-refractivity contribution in [3.63, 3.8) is 0 Å². The number of aryl methyl sites for hydroxylation is 1. The fourth-order valence-corrected chi connectivity index (χ4v) is 3.93. The van der Waals surface area contributed by atoms with E-state index >= 15 is 0 Å². The number of hydrogen-bond acceptors (Lipinski definition) is 5. The third-order valence-corrected chi connectivity index (χ3v) is 5.44. The van der Waals surface area contributed by atoms with Crippen molar-refractivity contribution in [1.29, 1.82) is 0 Å². The number of morpholine rings is 1. The van der Waals surface area contributed by atoms with Gasteiger partial charge in [0.05, 0.1) is 24.8 Å². The number of furan rings is 1. The lowest BCUT2D eigenvalue weighted by atomic mass is 10.1. The molecule has 1 fully saturated rings. The molecule has 8 heteroatoms. The minimum Gasteiger partial charge on any atom is -0.465 e. The molecule has 1 unspecified atom stereocenters. The molecule has 0 radical (unpaired) electrons. The number of hydrogen-bond donors (Lipinski definition) is 2. The fraction of sp³-hybridized carbons (Fsp3) is 0.364. The molecule has 2 amide bonds. The van der Waals surface area contributed by atoms with E-state index in [1.165, 1.54) is 0 Å². The summed E-state index contributed by atoms with van der Waals surface area (Å²) < 4.78 is 13.1. The largest absolute Gasteiger partial charge is 0.465 e. The predicted molar refractivity (Wildman–Crippen MR) is 112 cm³/mol. The Kier molecular flexibility index (Phi) is 5.87. The first-order valence-corrected chi connectivity index (χ1v) is 10.1. The van der Waals surface area contributed by atoms with Gasteiger partial charge in [-0.05, 0) is 25.1 Å². The van der Waals surface area contributed by atoms with Gasteiger partial charge < -0.3 is 24.8 Å². The summed E-state index contributed by atoms with van der Waals surface area (Å²) in [6.45, 7) is 5.32. The van der Waals surface area contributed by atoms with Gasteiger partial charge in [0, 0.05) is 36.7 Å². The summed E-state index contributed by atoms with van der Waals surface area (Å²) in [5, 5.41) is 3.77. The van der Waals surface area contributed by atoms with Gasteiger partial charge in [-0.2, -0.15) is 0 Å². The standard InChI is InChI=1S/C22H26N4O4/c1-15-6-7-20(30-15)19(25-8-10-29-11-9-25)12-24-21(27)14-26-13-17(22(23)28)16-4-2-3-5-18(16)26/h2-7,13,19H,8-12,14H2,1H3,(H2,23,28)(H,24,27). The second-order valence-electron chi connectivity index (χ2n) is 7.47. The van der Waals surface area contributed by atoms with Gasteiger partial charge in [-0.15, -0.1) is 0 Å². The number of benzene rings is 1. The highest BCUT2D eigenvalue weighted by molar-refractivity contribution is 6.06. The molecular formula is C22H26N4O4. The summed E-state index contributed by atoms with van der Waals surface area (Å²) >= 11 is 0. The third kappa shape index (κ3) is 4.24. The molecule has 0 bridgehead atoms. The molecule has 3 heterocycles. The van der Waals surface area contributed by atoms with E-state index in [0.717, 1.165) is 35.5 Å². The smallest absolute Gasteiger partial charge is 0.250 e. The lowest BCUT2D eigenvalue weighted by molar-refractivity contribution is -0.122. The van der Waals surface area contributed by atoms with Crippen LogP contribution in [0, 0.1) is 6.92 Å². The fourth-order valence-electron chi connectivity index (χ4n) is 3.93. The molecule has 1 saturated heterocycles. The van der Waals surface area contributed by atoms with E-state index in [1.807, 2.05) is 43.3 Å². The first-order chi connectivity index (χ1) is 14.5. The van der Waals surface area contributed by atoms with Crippen LogP contribution >= 0.6 is 0 Å². The summed E-state index contributed by atoms with van der Waals surface area (Å²) in [5.41, 5.74) is 6.70. The molecule has 1 aliphatic heterocycles. The van der Waals surface area contributed by atoms with Crippen molar-refractivity contribution in [2.45, 2.75) is 19.5 Å². The normalized spacial score (nSPS) is 15.9. The number of amides is 2. The van der Waals surface area contributed by atoms with E-state index in [4.69, 9.17) is 14.9 Å². The van der Waals surface area contributed by atoms with Crippen LogP contribution in [-0.2, 0) is 16.1 Å². The molecule has 3 aromatic rings. The average Bonchev–Trinajstić information content (AvgIpc) is 3.33. The van der Waals surface area contributed by atoms with E-state index in [0.29, 0.717) is 25.3 Å². The molecule has 8 nitrogen and oxygen atoms in total. The Morgan fingerprint density at radius 2 is 1.93 bits per heavy atom. The topological polar surface area (TPSA) is 103 Å². The van der Waals surface area contributed by atoms with Gasteiger partial charge in [-0.1, -0.05) is 18.2 Å². The van der Waals surface area contributed by atoms with Crippen LogP contribution in [0.15, 0.2) is 47.0 Å². The summed E-state index contributed by atoms with van der Waals surface area (Å²) in [7, 11) is 0. The molecular weight excluding hydrogens is 384 g/mol. The van der Waals surface area contributed by atoms with E-state index in [-0.39, 0.29) is 18.5 Å². The van der Waals surface area contributed by atoms with Gasteiger partial charge in [0.1, 0.15) is 18.1 Å². The van der Waals surface area contributed by atoms with Crippen molar-refractivity contribution in [1.82, 2.24) is 14.8 Å². The van der Waals surface area contributed by atoms with Gasteiger partial charge in [0.25, 0.3) is 5.91 Å². The summed E-state index contributed by atoms with van der Waals surface area (Å²) in [5.74, 6) is 1.02. The second kappa shape index (κ2) is 8.73. The number of aromatic nitrogens is 1. The molecule has 158 valence electrons. The monoisotopic (exact) mass is 410 g/mol. The maximum atomic E-state index is 12.7. The van der Waals surface area contributed by atoms with Crippen LogP contribution in [0.2, 0.25) is 0 Å². The molecule has 0 saturated carbocycles. The molecule has 4 rings (SSSR count). The second-order valence-corrected chi connectivity index (χ2v) is 7.47. The number of nitrogens with two attached hydrogens (primary N) is 1. The molecule has 0 aliphatic carbocycles. The first kappa shape index (κ1) is 20.2. The zero-order chi connectivity index (χ0) is 21.1. The van der Waals surface area contributed by atoms with E-state index in [2.05, 4.69) is 10.2 Å². The lowest BCUT2D eigenvalue weighted by Gasteiger charge is -2.33. The van der Waals surface area contributed by atoms with Gasteiger partial charge >= 0.3 is 0 Å². The molecule has 1 aromatic carbocycles. The molecule has 3 N–H and O–H groups in total. The van der Waals surface area contributed by atoms with E-state index in [9.17, 15) is 9.59 Å². The number of nitrogens with one attached hydrogen (secondary N) is 1. The Morgan fingerprint density at radius 1 is 1.17 bits per heavy atom. The number of rotatable bonds is 7. The lowest BCUT2D eigenvalue weighted by Crippen LogP contribution is -2.44. The average molecular weight is 410 g/mol. The van der Waals surface area contributed by atoms with Crippen LogP contribution in [-0.4, -0.2) is 54.1 Å². The number of primary amides is 1. The Balaban J connectivity index is 1.48. The van der Waals surface area contributed by atoms with Crippen molar-refractivity contribution >= 4 is 22.7 Å². The Hall–Kier alpha value is -3.10. The van der Waals surface area contributed by atoms with Crippen molar-refractivity contribution in [3.8, 4) is 0 Å². The number of carbonyl (C=O) groups is 2. The van der Waals surface area contributed by atoms with Crippen LogP contribution in [0.25, 0.3) is 10.9 Å². The number of fused-ring (bicyclic) bond motifs is 1. The minimum atomic E-state index is -0.508. The molecule has 1 atom stereocenters. The van der Waals surface area contributed by atoms with Crippen LogP contribution in [0.5, 0.6) is 0 Å². The highest BCUT2D eigenvalue weighted by Gasteiger charge is 2.26. The minimum absolute atomic E-state index is 0.0610. The SMILES string of the molecule is Cc1ccc(C(CNC(=O)Cn2cc(C(N)=O)c3ccccc32)N2CCOCC2)o1.